The Hall–Kier alpha value is -1.91. The summed E-state index contributed by atoms with van der Waals surface area (Å²) < 4.78 is 18.5. The second-order valence-corrected chi connectivity index (χ2v) is 16.1. The molecule has 0 aromatic heterocycles. The summed E-state index contributed by atoms with van der Waals surface area (Å²) >= 11 is 0. The van der Waals surface area contributed by atoms with Gasteiger partial charge in [-0.25, -0.2) is 4.79 Å². The lowest BCUT2D eigenvalue weighted by atomic mass is 9.83. The molecule has 1 aliphatic rings. The van der Waals surface area contributed by atoms with Crippen LogP contribution in [0.5, 0.6) is 11.5 Å². The van der Waals surface area contributed by atoms with Gasteiger partial charge in [-0.15, -0.1) is 0 Å². The molecule has 0 saturated heterocycles. The van der Waals surface area contributed by atoms with Crippen LogP contribution >= 0.6 is 0 Å². The van der Waals surface area contributed by atoms with Crippen LogP contribution in [0.4, 0.5) is 4.79 Å². The first-order valence-electron chi connectivity index (χ1n) is 18.5. The summed E-state index contributed by atoms with van der Waals surface area (Å²) in [6, 6.07) is 0. The van der Waals surface area contributed by atoms with E-state index >= 15 is 0 Å². The molecule has 3 atom stereocenters. The van der Waals surface area contributed by atoms with Crippen molar-refractivity contribution in [3.8, 4) is 11.5 Å². The van der Waals surface area contributed by atoms with Crippen LogP contribution in [0.2, 0.25) is 0 Å². The first kappa shape index (κ1) is 39.3. The highest BCUT2D eigenvalue weighted by molar-refractivity contribution is 5.67. The third-order valence-electron chi connectivity index (χ3n) is 9.82. The Morgan fingerprint density at radius 1 is 0.822 bits per heavy atom. The molecular weight excluding hydrogens is 558 g/mol. The number of carbonyl (C=O) groups is 1. The van der Waals surface area contributed by atoms with Crippen molar-refractivity contribution in [3.05, 3.63) is 22.3 Å². The largest absolute Gasteiger partial charge is 0.493 e. The Morgan fingerprint density at radius 2 is 1.42 bits per heavy atom. The highest BCUT2D eigenvalue weighted by Gasteiger charge is 2.34. The Labute approximate surface area is 278 Å². The normalized spacial score (nSPS) is 17.9. The number of carbonyl (C=O) groups excluding carboxylic acids is 1. The van der Waals surface area contributed by atoms with E-state index < -0.39 is 5.60 Å². The van der Waals surface area contributed by atoms with Gasteiger partial charge in [0.05, 0.1) is 6.61 Å². The van der Waals surface area contributed by atoms with Crippen molar-refractivity contribution in [1.29, 1.82) is 0 Å². The molecule has 0 fully saturated rings. The molecule has 1 aromatic carbocycles. The second-order valence-electron chi connectivity index (χ2n) is 16.1. The van der Waals surface area contributed by atoms with Crippen molar-refractivity contribution in [2.24, 2.45) is 17.8 Å². The first-order valence-corrected chi connectivity index (χ1v) is 18.5. The zero-order valence-corrected chi connectivity index (χ0v) is 31.4. The van der Waals surface area contributed by atoms with E-state index in [1.807, 2.05) is 20.8 Å². The lowest BCUT2D eigenvalue weighted by molar-refractivity contribution is 0.0509. The summed E-state index contributed by atoms with van der Waals surface area (Å²) in [7, 11) is 0. The number of fused-ring (bicyclic) bond motifs is 1. The van der Waals surface area contributed by atoms with E-state index in [9.17, 15) is 4.79 Å². The second kappa shape index (κ2) is 19.0. The fourth-order valence-corrected chi connectivity index (χ4v) is 6.74. The SMILES string of the molecule is Cc1c(C)c2c(c(C)c1OCCCCCCNC(=O)OC(C)(C)C)CC[C@@](C)(CCC[C@H](C)CCC[C@H](C)CCCC(C)C)O2. The molecule has 260 valence electrons. The van der Waals surface area contributed by atoms with Crippen molar-refractivity contribution in [2.45, 2.75) is 184 Å². The van der Waals surface area contributed by atoms with Crippen molar-refractivity contribution < 1.29 is 19.0 Å². The van der Waals surface area contributed by atoms with E-state index in [4.69, 9.17) is 14.2 Å². The summed E-state index contributed by atoms with van der Waals surface area (Å²) in [6.45, 7) is 25.5. The smallest absolute Gasteiger partial charge is 0.407 e. The number of amides is 1. The maximum absolute atomic E-state index is 11.8. The van der Waals surface area contributed by atoms with Gasteiger partial charge in [0.2, 0.25) is 0 Å². The number of ether oxygens (including phenoxy) is 3. The van der Waals surface area contributed by atoms with Crippen molar-refractivity contribution >= 4 is 6.09 Å². The van der Waals surface area contributed by atoms with Gasteiger partial charge in [-0.1, -0.05) is 85.5 Å². The molecule has 5 heteroatoms. The quantitative estimate of drug-likeness (QED) is 0.146. The molecule has 0 radical (unpaired) electrons. The molecule has 1 aromatic rings. The highest BCUT2D eigenvalue weighted by atomic mass is 16.6. The lowest BCUT2D eigenvalue weighted by Gasteiger charge is -2.38. The summed E-state index contributed by atoms with van der Waals surface area (Å²) in [6.07, 6.45) is 17.8. The number of alkyl carbamates (subject to hydrolysis) is 1. The Balaban J connectivity index is 1.74. The molecule has 1 amide bonds. The Morgan fingerprint density at radius 3 is 2.04 bits per heavy atom. The van der Waals surface area contributed by atoms with Gasteiger partial charge in [-0.2, -0.15) is 0 Å². The minimum absolute atomic E-state index is 0.0813. The van der Waals surface area contributed by atoms with Gasteiger partial charge in [0, 0.05) is 12.1 Å². The maximum atomic E-state index is 11.8. The molecule has 0 spiro atoms. The first-order chi connectivity index (χ1) is 21.1. The van der Waals surface area contributed by atoms with Gasteiger partial charge in [-0.3, -0.25) is 0 Å². The summed E-state index contributed by atoms with van der Waals surface area (Å²) in [5.74, 6) is 4.67. The number of unbranched alkanes of at least 4 members (excludes halogenated alkanes) is 3. The number of benzene rings is 1. The zero-order chi connectivity index (χ0) is 33.6. The van der Waals surface area contributed by atoms with E-state index in [0.29, 0.717) is 13.2 Å². The van der Waals surface area contributed by atoms with Crippen LogP contribution in [0.1, 0.15) is 168 Å². The van der Waals surface area contributed by atoms with Crippen LogP contribution in [0.3, 0.4) is 0 Å². The average molecular weight is 630 g/mol. The van der Waals surface area contributed by atoms with Crippen molar-refractivity contribution in [1.82, 2.24) is 5.32 Å². The standard InChI is InChI=1S/C40H71NO4/c1-29(2)19-16-20-30(3)21-17-22-31(4)23-18-25-40(11)26-24-35-34(7)36(32(5)33(6)37(35)44-40)43-28-15-13-12-14-27-41-38(42)45-39(8,9)10/h29-31H,12-28H2,1-11H3,(H,41,42)/t30-,31-,40-/m1/s1. The fraction of sp³-hybridized carbons (Fsp3) is 0.825. The van der Waals surface area contributed by atoms with Crippen LogP contribution in [0, 0.1) is 38.5 Å². The third-order valence-corrected chi connectivity index (χ3v) is 9.82. The maximum Gasteiger partial charge on any atom is 0.407 e. The fourth-order valence-electron chi connectivity index (χ4n) is 6.74. The molecule has 0 saturated carbocycles. The minimum atomic E-state index is -0.456. The minimum Gasteiger partial charge on any atom is -0.493 e. The molecule has 5 nitrogen and oxygen atoms in total. The zero-order valence-electron chi connectivity index (χ0n) is 31.4. The summed E-state index contributed by atoms with van der Waals surface area (Å²) in [4.78, 5) is 11.8. The molecule has 1 aliphatic heterocycles. The average Bonchev–Trinajstić information content (AvgIpc) is 2.93. The number of rotatable bonds is 20. The van der Waals surface area contributed by atoms with Crippen molar-refractivity contribution in [3.63, 3.8) is 0 Å². The van der Waals surface area contributed by atoms with Crippen LogP contribution in [0.25, 0.3) is 0 Å². The molecule has 1 N–H and O–H groups in total. The predicted octanol–water partition coefficient (Wildman–Crippen LogP) is 11.6. The van der Waals surface area contributed by atoms with Crippen LogP contribution in [-0.2, 0) is 11.2 Å². The monoisotopic (exact) mass is 630 g/mol. The van der Waals surface area contributed by atoms with Gasteiger partial charge < -0.3 is 19.5 Å². The van der Waals surface area contributed by atoms with Gasteiger partial charge in [0.15, 0.2) is 0 Å². The summed E-state index contributed by atoms with van der Waals surface area (Å²) in [5, 5.41) is 2.84. The lowest BCUT2D eigenvalue weighted by Crippen LogP contribution is -2.37. The van der Waals surface area contributed by atoms with E-state index in [1.165, 1.54) is 73.6 Å². The number of hydrogen-bond acceptors (Lipinski definition) is 4. The summed E-state index contributed by atoms with van der Waals surface area (Å²) in [5.41, 5.74) is 4.51. The van der Waals surface area contributed by atoms with E-state index in [0.717, 1.165) is 74.2 Å². The van der Waals surface area contributed by atoms with E-state index in [2.05, 4.69) is 60.7 Å². The third kappa shape index (κ3) is 14.6. The van der Waals surface area contributed by atoms with Crippen molar-refractivity contribution in [2.75, 3.05) is 13.2 Å². The molecule has 1 heterocycles. The molecule has 2 rings (SSSR count). The highest BCUT2D eigenvalue weighted by Crippen LogP contribution is 2.45. The molecule has 0 unspecified atom stereocenters. The molecule has 0 aliphatic carbocycles. The predicted molar refractivity (Wildman–Crippen MR) is 191 cm³/mol. The Kier molecular flexibility index (Phi) is 16.6. The van der Waals surface area contributed by atoms with Crippen LogP contribution in [-0.4, -0.2) is 30.4 Å². The topological polar surface area (TPSA) is 56.8 Å². The molecular formula is C40H71NO4. The van der Waals surface area contributed by atoms with Gasteiger partial charge in [-0.05, 0) is 121 Å². The van der Waals surface area contributed by atoms with Crippen LogP contribution < -0.4 is 14.8 Å². The molecule has 0 bridgehead atoms. The van der Waals surface area contributed by atoms with E-state index in [1.54, 1.807) is 0 Å². The van der Waals surface area contributed by atoms with Crippen LogP contribution in [0.15, 0.2) is 0 Å². The van der Waals surface area contributed by atoms with Gasteiger partial charge >= 0.3 is 6.09 Å². The molecule has 45 heavy (non-hydrogen) atoms. The number of nitrogens with one attached hydrogen (secondary N) is 1. The van der Waals surface area contributed by atoms with E-state index in [-0.39, 0.29) is 11.7 Å². The van der Waals surface area contributed by atoms with Gasteiger partial charge in [0.1, 0.15) is 22.7 Å². The number of hydrogen-bond donors (Lipinski definition) is 1. The Bertz CT molecular complexity index is 1030. The van der Waals surface area contributed by atoms with Gasteiger partial charge in [0.25, 0.3) is 0 Å².